The molecule has 0 unspecified atom stereocenters. The largest absolute Gasteiger partial charge is 0.456 e. The van der Waals surface area contributed by atoms with Gasteiger partial charge >= 0.3 is 23.9 Å². The molecule has 0 saturated carbocycles. The predicted octanol–water partition coefficient (Wildman–Crippen LogP) is 2.96. The topological polar surface area (TPSA) is 105 Å². The molecule has 8 nitrogen and oxygen atoms in total. The highest BCUT2D eigenvalue weighted by Crippen LogP contribution is 2.22. The van der Waals surface area contributed by atoms with Crippen molar-refractivity contribution >= 4 is 23.9 Å². The molecule has 1 rings (SSSR count). The normalized spacial score (nSPS) is 26.1. The van der Waals surface area contributed by atoms with E-state index in [1.807, 2.05) is 6.92 Å². The van der Waals surface area contributed by atoms with Crippen molar-refractivity contribution in [3.05, 3.63) is 36.5 Å². The fraction of sp³-hybridized carbons (Fsp3) is 0.545. The summed E-state index contributed by atoms with van der Waals surface area (Å²) in [6, 6.07) is 0. The first-order valence-corrected chi connectivity index (χ1v) is 10.00. The second-order valence-corrected chi connectivity index (χ2v) is 6.73. The first-order valence-electron chi connectivity index (χ1n) is 10.00. The second kappa shape index (κ2) is 13.3. The standard InChI is InChI=1S/C22H30O8/c1-5-7-8-14-20(25)29-19-13-10-9-12-18(27-15(3)23)21(28-16(4)24)17(11-6-2)30-22(19)26/h5,7-9,12,14,17-19,21H,6,10-11,13H2,1-4H3/b7-5+,12-9+,14-8+/t17-,18+,19+,21-/m1/s1. The van der Waals surface area contributed by atoms with E-state index in [0.717, 1.165) is 0 Å². The van der Waals surface area contributed by atoms with Gasteiger partial charge in [0, 0.05) is 19.9 Å². The lowest BCUT2D eigenvalue weighted by Gasteiger charge is -2.32. The molecule has 30 heavy (non-hydrogen) atoms. The number of hydrogen-bond donors (Lipinski definition) is 0. The molecule has 0 aromatic carbocycles. The number of ether oxygens (including phenoxy) is 4. The summed E-state index contributed by atoms with van der Waals surface area (Å²) < 4.78 is 21.5. The highest BCUT2D eigenvalue weighted by Gasteiger charge is 2.38. The van der Waals surface area contributed by atoms with Gasteiger partial charge in [0.1, 0.15) is 6.10 Å². The molecule has 0 aliphatic carbocycles. The molecule has 0 N–H and O–H groups in total. The van der Waals surface area contributed by atoms with E-state index in [1.165, 1.54) is 26.0 Å². The lowest BCUT2D eigenvalue weighted by molar-refractivity contribution is -0.187. The second-order valence-electron chi connectivity index (χ2n) is 6.73. The number of esters is 4. The van der Waals surface area contributed by atoms with Crippen molar-refractivity contribution in [1.82, 2.24) is 0 Å². The minimum atomic E-state index is -1.11. The molecule has 8 heteroatoms. The number of allylic oxidation sites excluding steroid dienone is 4. The van der Waals surface area contributed by atoms with Gasteiger partial charge in [-0.1, -0.05) is 37.6 Å². The van der Waals surface area contributed by atoms with Gasteiger partial charge < -0.3 is 18.9 Å². The Labute approximate surface area is 176 Å². The monoisotopic (exact) mass is 422 g/mol. The highest BCUT2D eigenvalue weighted by atomic mass is 16.6. The molecule has 0 saturated heterocycles. The zero-order valence-corrected chi connectivity index (χ0v) is 17.9. The Bertz CT molecular complexity index is 691. The Morgan fingerprint density at radius 2 is 1.83 bits per heavy atom. The van der Waals surface area contributed by atoms with Gasteiger partial charge in [-0.05, 0) is 32.3 Å². The van der Waals surface area contributed by atoms with E-state index in [9.17, 15) is 19.2 Å². The van der Waals surface area contributed by atoms with Crippen LogP contribution in [0.1, 0.15) is 53.4 Å². The molecule has 4 atom stereocenters. The molecule has 0 bridgehead atoms. The van der Waals surface area contributed by atoms with E-state index < -0.39 is 48.3 Å². The number of hydrogen-bond acceptors (Lipinski definition) is 8. The van der Waals surface area contributed by atoms with E-state index in [1.54, 1.807) is 31.2 Å². The molecule has 0 aromatic heterocycles. The van der Waals surface area contributed by atoms with Crippen LogP contribution in [0, 0.1) is 0 Å². The highest BCUT2D eigenvalue weighted by molar-refractivity contribution is 5.86. The summed E-state index contributed by atoms with van der Waals surface area (Å²) in [6.07, 6.45) is 7.04. The third-order valence-electron chi connectivity index (χ3n) is 4.11. The molecule has 0 fully saturated rings. The summed E-state index contributed by atoms with van der Waals surface area (Å²) in [5, 5.41) is 0. The van der Waals surface area contributed by atoms with Crippen LogP contribution in [0.2, 0.25) is 0 Å². The lowest BCUT2D eigenvalue weighted by atomic mass is 10.0. The van der Waals surface area contributed by atoms with E-state index in [4.69, 9.17) is 18.9 Å². The van der Waals surface area contributed by atoms with Gasteiger partial charge in [0.25, 0.3) is 0 Å². The smallest absolute Gasteiger partial charge is 0.347 e. The molecule has 166 valence electrons. The molecular formula is C22H30O8. The number of rotatable bonds is 7. The number of carbonyl (C=O) groups excluding carboxylic acids is 4. The fourth-order valence-corrected chi connectivity index (χ4v) is 2.88. The maximum atomic E-state index is 12.7. The molecule has 1 heterocycles. The summed E-state index contributed by atoms with van der Waals surface area (Å²) >= 11 is 0. The molecule has 1 aliphatic heterocycles. The average Bonchev–Trinajstić information content (AvgIpc) is 2.66. The maximum absolute atomic E-state index is 12.7. The minimum Gasteiger partial charge on any atom is -0.456 e. The van der Waals surface area contributed by atoms with E-state index in [2.05, 4.69) is 0 Å². The summed E-state index contributed by atoms with van der Waals surface area (Å²) in [5.41, 5.74) is 0. The number of cyclic esters (lactones) is 1. The Kier molecular flexibility index (Phi) is 11.2. The maximum Gasteiger partial charge on any atom is 0.347 e. The van der Waals surface area contributed by atoms with Crippen LogP contribution in [0.25, 0.3) is 0 Å². The van der Waals surface area contributed by atoms with Crippen molar-refractivity contribution in [3.8, 4) is 0 Å². The first kappa shape index (κ1) is 25.1. The molecule has 0 amide bonds. The van der Waals surface area contributed by atoms with Crippen LogP contribution >= 0.6 is 0 Å². The zero-order valence-electron chi connectivity index (χ0n) is 17.9. The van der Waals surface area contributed by atoms with Crippen molar-refractivity contribution in [3.63, 3.8) is 0 Å². The van der Waals surface area contributed by atoms with Crippen LogP contribution in [-0.4, -0.2) is 48.3 Å². The van der Waals surface area contributed by atoms with Gasteiger partial charge in [-0.25, -0.2) is 9.59 Å². The van der Waals surface area contributed by atoms with Crippen LogP contribution in [-0.2, 0) is 38.1 Å². The fourth-order valence-electron chi connectivity index (χ4n) is 2.88. The molecule has 0 radical (unpaired) electrons. The van der Waals surface area contributed by atoms with E-state index >= 15 is 0 Å². The van der Waals surface area contributed by atoms with Crippen LogP contribution < -0.4 is 0 Å². The lowest BCUT2D eigenvalue weighted by Crippen LogP contribution is -2.46. The van der Waals surface area contributed by atoms with Crippen molar-refractivity contribution in [1.29, 1.82) is 0 Å². The number of carbonyl (C=O) groups is 4. The zero-order chi connectivity index (χ0) is 22.5. The summed E-state index contributed by atoms with van der Waals surface area (Å²) in [4.78, 5) is 47.9. The Morgan fingerprint density at radius 3 is 2.43 bits per heavy atom. The molecule has 1 aliphatic rings. The summed E-state index contributed by atoms with van der Waals surface area (Å²) in [5.74, 6) is -2.57. The Morgan fingerprint density at radius 1 is 1.13 bits per heavy atom. The third-order valence-corrected chi connectivity index (χ3v) is 4.11. The quantitative estimate of drug-likeness (QED) is 0.203. The van der Waals surface area contributed by atoms with E-state index in [0.29, 0.717) is 19.3 Å². The van der Waals surface area contributed by atoms with Gasteiger partial charge in [0.2, 0.25) is 0 Å². The molecule has 0 aromatic rings. The van der Waals surface area contributed by atoms with Crippen molar-refractivity contribution in [2.75, 3.05) is 0 Å². The Hall–Kier alpha value is -2.90. The average molecular weight is 422 g/mol. The van der Waals surface area contributed by atoms with Crippen molar-refractivity contribution in [2.45, 2.75) is 77.8 Å². The Balaban J connectivity index is 3.14. The van der Waals surface area contributed by atoms with Gasteiger partial charge in [-0.3, -0.25) is 9.59 Å². The van der Waals surface area contributed by atoms with Crippen molar-refractivity contribution in [2.24, 2.45) is 0 Å². The summed E-state index contributed by atoms with van der Waals surface area (Å²) in [6.45, 7) is 6.14. The third kappa shape index (κ3) is 9.07. The van der Waals surface area contributed by atoms with Gasteiger partial charge in [0.05, 0.1) is 0 Å². The molecular weight excluding hydrogens is 392 g/mol. The first-order chi connectivity index (χ1) is 14.3. The van der Waals surface area contributed by atoms with Crippen LogP contribution in [0.15, 0.2) is 36.5 Å². The van der Waals surface area contributed by atoms with Crippen LogP contribution in [0.4, 0.5) is 0 Å². The predicted molar refractivity (Wildman–Crippen MR) is 108 cm³/mol. The SMILES string of the molecule is C/C=C/C=C/C(=O)O[C@H]1CC/C=C/[C@H](OC(C)=O)[C@H](OC(C)=O)[C@@H](CCC)OC1=O. The van der Waals surface area contributed by atoms with E-state index in [-0.39, 0.29) is 6.42 Å². The van der Waals surface area contributed by atoms with Crippen LogP contribution in [0.3, 0.4) is 0 Å². The van der Waals surface area contributed by atoms with Crippen LogP contribution in [0.5, 0.6) is 0 Å². The van der Waals surface area contributed by atoms with Crippen molar-refractivity contribution < 1.29 is 38.1 Å². The van der Waals surface area contributed by atoms with Gasteiger partial charge in [-0.2, -0.15) is 0 Å². The van der Waals surface area contributed by atoms with Gasteiger partial charge in [0.15, 0.2) is 18.3 Å². The van der Waals surface area contributed by atoms with Gasteiger partial charge in [-0.15, -0.1) is 0 Å². The molecule has 0 spiro atoms. The minimum absolute atomic E-state index is 0.197. The summed E-state index contributed by atoms with van der Waals surface area (Å²) in [7, 11) is 0.